The molecule has 0 radical (unpaired) electrons. The Hall–Kier alpha value is -0.820. The van der Waals surface area contributed by atoms with Gasteiger partial charge in [-0.2, -0.15) is 0 Å². The summed E-state index contributed by atoms with van der Waals surface area (Å²) in [5.41, 5.74) is 1.01. The highest BCUT2D eigenvalue weighted by atomic mass is 127. The van der Waals surface area contributed by atoms with E-state index in [4.69, 9.17) is 4.74 Å². The summed E-state index contributed by atoms with van der Waals surface area (Å²) in [4.78, 5) is 14.1. The van der Waals surface area contributed by atoms with Gasteiger partial charge in [-0.1, -0.05) is 12.1 Å². The number of para-hydroxylation sites is 1. The lowest BCUT2D eigenvalue weighted by molar-refractivity contribution is -0.135. The minimum atomic E-state index is -0.209. The van der Waals surface area contributed by atoms with E-state index in [-0.39, 0.29) is 11.9 Å². The molecule has 1 N–H and O–H groups in total. The molecule has 1 aromatic rings. The fraction of sp³-hybridized carbons (Fsp3) is 0.462. The third kappa shape index (κ3) is 3.35. The minimum Gasteiger partial charge on any atom is -0.378 e. The first-order chi connectivity index (χ1) is 8.68. The molecular formula is C13H17IN2O2. The summed E-state index contributed by atoms with van der Waals surface area (Å²) in [6.45, 7) is 4.57. The van der Waals surface area contributed by atoms with Crippen molar-refractivity contribution in [3.8, 4) is 0 Å². The van der Waals surface area contributed by atoms with Crippen molar-refractivity contribution in [2.24, 2.45) is 0 Å². The SMILES string of the molecule is CC(Nc1ccccc1I)C(=O)N1CCOCC1. The first-order valence-corrected chi connectivity index (χ1v) is 7.14. The third-order valence-electron chi connectivity index (χ3n) is 2.94. The number of carbonyl (C=O) groups is 1. The van der Waals surface area contributed by atoms with Crippen LogP contribution >= 0.6 is 22.6 Å². The highest BCUT2D eigenvalue weighted by Gasteiger charge is 2.22. The molecule has 1 aromatic carbocycles. The van der Waals surface area contributed by atoms with E-state index in [0.29, 0.717) is 26.3 Å². The van der Waals surface area contributed by atoms with Crippen LogP contribution in [0.4, 0.5) is 5.69 Å². The number of morpholine rings is 1. The number of nitrogens with zero attached hydrogens (tertiary/aromatic N) is 1. The lowest BCUT2D eigenvalue weighted by atomic mass is 10.2. The van der Waals surface area contributed by atoms with Crippen molar-refractivity contribution < 1.29 is 9.53 Å². The average Bonchev–Trinajstić information content (AvgIpc) is 2.41. The van der Waals surface area contributed by atoms with Crippen LogP contribution in [0.2, 0.25) is 0 Å². The van der Waals surface area contributed by atoms with Crippen LogP contribution in [0.15, 0.2) is 24.3 Å². The number of hydrogen-bond donors (Lipinski definition) is 1. The van der Waals surface area contributed by atoms with Gasteiger partial charge in [0.05, 0.1) is 13.2 Å². The molecule has 98 valence electrons. The van der Waals surface area contributed by atoms with Crippen molar-refractivity contribution in [1.82, 2.24) is 4.90 Å². The second-order valence-electron chi connectivity index (χ2n) is 4.28. The maximum absolute atomic E-state index is 12.2. The van der Waals surface area contributed by atoms with E-state index in [1.165, 1.54) is 0 Å². The number of amides is 1. The van der Waals surface area contributed by atoms with E-state index < -0.39 is 0 Å². The molecule has 0 saturated carbocycles. The first-order valence-electron chi connectivity index (χ1n) is 6.06. The maximum atomic E-state index is 12.2. The Morgan fingerprint density at radius 1 is 1.39 bits per heavy atom. The van der Waals surface area contributed by atoms with Gasteiger partial charge in [-0.15, -0.1) is 0 Å². The fourth-order valence-electron chi connectivity index (χ4n) is 1.93. The quantitative estimate of drug-likeness (QED) is 0.838. The second-order valence-corrected chi connectivity index (χ2v) is 5.45. The van der Waals surface area contributed by atoms with Crippen LogP contribution < -0.4 is 5.32 Å². The van der Waals surface area contributed by atoms with Gasteiger partial charge in [0, 0.05) is 22.3 Å². The molecule has 1 heterocycles. The largest absolute Gasteiger partial charge is 0.378 e. The van der Waals surface area contributed by atoms with E-state index >= 15 is 0 Å². The molecule has 0 bridgehead atoms. The van der Waals surface area contributed by atoms with Gasteiger partial charge in [0.15, 0.2) is 0 Å². The fourth-order valence-corrected chi connectivity index (χ4v) is 2.47. The van der Waals surface area contributed by atoms with Gasteiger partial charge in [-0.05, 0) is 41.6 Å². The Balaban J connectivity index is 1.96. The number of anilines is 1. The van der Waals surface area contributed by atoms with Gasteiger partial charge in [0.25, 0.3) is 0 Å². The standard InChI is InChI=1S/C13H17IN2O2/c1-10(13(17)16-6-8-18-9-7-16)15-12-5-3-2-4-11(12)14/h2-5,10,15H,6-9H2,1H3. The number of nitrogens with one attached hydrogen (secondary N) is 1. The van der Waals surface area contributed by atoms with Crippen molar-refractivity contribution in [3.05, 3.63) is 27.8 Å². The number of carbonyl (C=O) groups excluding carboxylic acids is 1. The van der Waals surface area contributed by atoms with Gasteiger partial charge >= 0.3 is 0 Å². The summed E-state index contributed by atoms with van der Waals surface area (Å²) in [5, 5.41) is 3.27. The van der Waals surface area contributed by atoms with Crippen LogP contribution in [0.3, 0.4) is 0 Å². The molecule has 1 aliphatic heterocycles. The van der Waals surface area contributed by atoms with Gasteiger partial charge in [-0.3, -0.25) is 4.79 Å². The topological polar surface area (TPSA) is 41.6 Å². The maximum Gasteiger partial charge on any atom is 0.244 e. The zero-order valence-corrected chi connectivity index (χ0v) is 12.5. The van der Waals surface area contributed by atoms with E-state index in [9.17, 15) is 4.79 Å². The van der Waals surface area contributed by atoms with Crippen LogP contribution in [0.25, 0.3) is 0 Å². The van der Waals surface area contributed by atoms with Crippen molar-refractivity contribution in [3.63, 3.8) is 0 Å². The van der Waals surface area contributed by atoms with E-state index in [0.717, 1.165) is 9.26 Å². The molecule has 2 rings (SSSR count). The highest BCUT2D eigenvalue weighted by Crippen LogP contribution is 2.18. The van der Waals surface area contributed by atoms with Crippen LogP contribution in [0.1, 0.15) is 6.92 Å². The summed E-state index contributed by atoms with van der Waals surface area (Å²) >= 11 is 2.26. The number of benzene rings is 1. The Kier molecular flexibility index (Phi) is 4.82. The van der Waals surface area contributed by atoms with Crippen LogP contribution in [-0.4, -0.2) is 43.2 Å². The Bertz CT molecular complexity index is 419. The molecule has 4 nitrogen and oxygen atoms in total. The van der Waals surface area contributed by atoms with Crippen LogP contribution in [0, 0.1) is 3.57 Å². The number of halogens is 1. The number of ether oxygens (including phenoxy) is 1. The molecule has 5 heteroatoms. The zero-order valence-electron chi connectivity index (χ0n) is 10.4. The monoisotopic (exact) mass is 360 g/mol. The Morgan fingerprint density at radius 2 is 2.06 bits per heavy atom. The summed E-state index contributed by atoms with van der Waals surface area (Å²) in [6, 6.07) is 7.76. The predicted molar refractivity (Wildman–Crippen MR) is 79.6 cm³/mol. The molecule has 0 aromatic heterocycles. The number of hydrogen-bond acceptors (Lipinski definition) is 3. The molecule has 0 aliphatic carbocycles. The molecule has 1 fully saturated rings. The van der Waals surface area contributed by atoms with Crippen LogP contribution in [0.5, 0.6) is 0 Å². The van der Waals surface area contributed by atoms with Crippen molar-refractivity contribution in [2.45, 2.75) is 13.0 Å². The predicted octanol–water partition coefficient (Wildman–Crippen LogP) is 1.95. The molecule has 0 spiro atoms. The van der Waals surface area contributed by atoms with Crippen molar-refractivity contribution in [1.29, 1.82) is 0 Å². The molecular weight excluding hydrogens is 343 g/mol. The first kappa shape index (κ1) is 13.6. The molecule has 18 heavy (non-hydrogen) atoms. The van der Waals surface area contributed by atoms with Gasteiger partial charge in [-0.25, -0.2) is 0 Å². The lowest BCUT2D eigenvalue weighted by Crippen LogP contribution is -2.47. The molecule has 1 unspecified atom stereocenters. The minimum absolute atomic E-state index is 0.137. The number of rotatable bonds is 3. The zero-order chi connectivity index (χ0) is 13.0. The second kappa shape index (κ2) is 6.38. The Morgan fingerprint density at radius 3 is 2.72 bits per heavy atom. The van der Waals surface area contributed by atoms with Gasteiger partial charge in [0.2, 0.25) is 5.91 Å². The lowest BCUT2D eigenvalue weighted by Gasteiger charge is -2.29. The smallest absolute Gasteiger partial charge is 0.244 e. The van der Waals surface area contributed by atoms with Crippen molar-refractivity contribution >= 4 is 34.2 Å². The van der Waals surface area contributed by atoms with Crippen molar-refractivity contribution in [2.75, 3.05) is 31.6 Å². The van der Waals surface area contributed by atoms with E-state index in [1.807, 2.05) is 36.1 Å². The summed E-state index contributed by atoms with van der Waals surface area (Å²) in [6.07, 6.45) is 0. The Labute approximate surface area is 121 Å². The van der Waals surface area contributed by atoms with Gasteiger partial charge in [0.1, 0.15) is 6.04 Å². The van der Waals surface area contributed by atoms with E-state index in [1.54, 1.807) is 0 Å². The normalized spacial score (nSPS) is 17.3. The summed E-state index contributed by atoms with van der Waals surface area (Å²) in [5.74, 6) is 0.137. The summed E-state index contributed by atoms with van der Waals surface area (Å²) in [7, 11) is 0. The highest BCUT2D eigenvalue weighted by molar-refractivity contribution is 14.1. The van der Waals surface area contributed by atoms with E-state index in [2.05, 4.69) is 27.9 Å². The average molecular weight is 360 g/mol. The third-order valence-corrected chi connectivity index (χ3v) is 3.88. The van der Waals surface area contributed by atoms with Gasteiger partial charge < -0.3 is 15.0 Å². The molecule has 1 saturated heterocycles. The molecule has 1 atom stereocenters. The summed E-state index contributed by atoms with van der Waals surface area (Å²) < 4.78 is 6.37. The molecule has 1 amide bonds. The van der Waals surface area contributed by atoms with Crippen LogP contribution in [-0.2, 0) is 9.53 Å². The molecule has 1 aliphatic rings.